The summed E-state index contributed by atoms with van der Waals surface area (Å²) >= 11 is 0. The Balaban J connectivity index is 2.06. The van der Waals surface area contributed by atoms with E-state index in [4.69, 9.17) is 4.42 Å². The van der Waals surface area contributed by atoms with E-state index >= 15 is 0 Å². The molecule has 0 saturated carbocycles. The molecule has 0 aliphatic rings. The van der Waals surface area contributed by atoms with Gasteiger partial charge in [0.15, 0.2) is 0 Å². The van der Waals surface area contributed by atoms with Gasteiger partial charge in [-0.1, -0.05) is 48.0 Å². The smallest absolute Gasteiger partial charge is 0.210 e. The fourth-order valence-electron chi connectivity index (χ4n) is 2.63. The SMILES string of the molecule is Cc1ccc(S(=O)(=O)c2c(Cc3ccccc3)coc2C)cc1. The highest BCUT2D eigenvalue weighted by Gasteiger charge is 2.26. The predicted molar refractivity (Wildman–Crippen MR) is 89.3 cm³/mol. The normalized spacial score (nSPS) is 11.6. The van der Waals surface area contributed by atoms with Gasteiger partial charge in [-0.05, 0) is 31.5 Å². The summed E-state index contributed by atoms with van der Waals surface area (Å²) < 4.78 is 31.4. The van der Waals surface area contributed by atoms with Gasteiger partial charge in [0.2, 0.25) is 9.84 Å². The van der Waals surface area contributed by atoms with Crippen molar-refractivity contribution >= 4 is 9.84 Å². The molecule has 0 aliphatic carbocycles. The minimum Gasteiger partial charge on any atom is -0.468 e. The molecule has 118 valence electrons. The predicted octanol–water partition coefficient (Wildman–Crippen LogP) is 4.32. The Bertz CT molecular complexity index is 905. The molecule has 4 heteroatoms. The molecule has 0 bridgehead atoms. The maximum Gasteiger partial charge on any atom is 0.210 e. The number of aryl methyl sites for hydroxylation is 2. The molecule has 3 aromatic rings. The van der Waals surface area contributed by atoms with Gasteiger partial charge in [0, 0.05) is 12.0 Å². The molecular formula is C19H18O3S. The van der Waals surface area contributed by atoms with Crippen LogP contribution >= 0.6 is 0 Å². The summed E-state index contributed by atoms with van der Waals surface area (Å²) in [5.41, 5.74) is 2.76. The Morgan fingerprint density at radius 1 is 0.913 bits per heavy atom. The number of hydrogen-bond acceptors (Lipinski definition) is 3. The highest BCUT2D eigenvalue weighted by molar-refractivity contribution is 7.91. The van der Waals surface area contributed by atoms with Crippen LogP contribution in [-0.2, 0) is 16.3 Å². The number of benzene rings is 2. The number of sulfone groups is 1. The Hall–Kier alpha value is -2.33. The van der Waals surface area contributed by atoms with Crippen LogP contribution in [-0.4, -0.2) is 8.42 Å². The summed E-state index contributed by atoms with van der Waals surface area (Å²) in [5, 5.41) is 0. The second-order valence-electron chi connectivity index (χ2n) is 5.63. The molecule has 0 unspecified atom stereocenters. The average Bonchev–Trinajstić information content (AvgIpc) is 2.90. The van der Waals surface area contributed by atoms with Crippen molar-refractivity contribution < 1.29 is 12.8 Å². The van der Waals surface area contributed by atoms with Gasteiger partial charge >= 0.3 is 0 Å². The van der Waals surface area contributed by atoms with Crippen LogP contribution in [0.4, 0.5) is 0 Å². The van der Waals surface area contributed by atoms with E-state index in [1.807, 2.05) is 37.3 Å². The van der Waals surface area contributed by atoms with Crippen LogP contribution in [0.1, 0.15) is 22.5 Å². The molecule has 0 N–H and O–H groups in total. The lowest BCUT2D eigenvalue weighted by Gasteiger charge is -2.07. The van der Waals surface area contributed by atoms with E-state index in [-0.39, 0.29) is 4.90 Å². The van der Waals surface area contributed by atoms with Gasteiger partial charge in [-0.15, -0.1) is 0 Å². The molecule has 0 aliphatic heterocycles. The quantitative estimate of drug-likeness (QED) is 0.717. The Kier molecular flexibility index (Phi) is 4.09. The van der Waals surface area contributed by atoms with Crippen LogP contribution in [0.3, 0.4) is 0 Å². The van der Waals surface area contributed by atoms with Crippen molar-refractivity contribution in [3.63, 3.8) is 0 Å². The third kappa shape index (κ3) is 3.08. The summed E-state index contributed by atoms with van der Waals surface area (Å²) in [6.07, 6.45) is 2.07. The molecule has 0 amide bonds. The first kappa shape index (κ1) is 15.6. The number of rotatable bonds is 4. The van der Waals surface area contributed by atoms with Crippen molar-refractivity contribution in [1.82, 2.24) is 0 Å². The molecule has 1 heterocycles. The molecule has 3 rings (SSSR count). The largest absolute Gasteiger partial charge is 0.468 e. The molecule has 0 radical (unpaired) electrons. The van der Waals surface area contributed by atoms with Gasteiger partial charge < -0.3 is 4.42 Å². The van der Waals surface area contributed by atoms with Crippen molar-refractivity contribution in [1.29, 1.82) is 0 Å². The molecule has 0 saturated heterocycles. The molecular weight excluding hydrogens is 308 g/mol. The molecule has 0 spiro atoms. The first-order valence-corrected chi connectivity index (χ1v) is 8.89. The van der Waals surface area contributed by atoms with Crippen molar-refractivity contribution in [3.8, 4) is 0 Å². The van der Waals surface area contributed by atoms with Gasteiger partial charge in [0.1, 0.15) is 10.7 Å². The molecule has 0 fully saturated rings. The van der Waals surface area contributed by atoms with Gasteiger partial charge in [-0.25, -0.2) is 8.42 Å². The maximum atomic E-state index is 13.0. The van der Waals surface area contributed by atoms with Crippen LogP contribution in [0.5, 0.6) is 0 Å². The van der Waals surface area contributed by atoms with Crippen LogP contribution in [0.15, 0.2) is 75.1 Å². The second kappa shape index (κ2) is 6.05. The third-order valence-electron chi connectivity index (χ3n) is 3.83. The van der Waals surface area contributed by atoms with E-state index in [2.05, 4.69) is 0 Å². The Morgan fingerprint density at radius 3 is 2.22 bits per heavy atom. The lowest BCUT2D eigenvalue weighted by Crippen LogP contribution is -2.05. The van der Waals surface area contributed by atoms with E-state index in [9.17, 15) is 8.42 Å². The summed E-state index contributed by atoms with van der Waals surface area (Å²) in [5.74, 6) is 0.427. The standard InChI is InChI=1S/C19H18O3S/c1-14-8-10-18(11-9-14)23(20,21)19-15(2)22-13-17(19)12-16-6-4-3-5-7-16/h3-11,13H,12H2,1-2H3. The topological polar surface area (TPSA) is 47.3 Å². The fourth-order valence-corrected chi connectivity index (χ4v) is 4.25. The van der Waals surface area contributed by atoms with Gasteiger partial charge in [0.05, 0.1) is 11.2 Å². The average molecular weight is 326 g/mol. The molecule has 1 aromatic heterocycles. The van der Waals surface area contributed by atoms with E-state index in [1.54, 1.807) is 37.5 Å². The zero-order chi connectivity index (χ0) is 16.4. The van der Waals surface area contributed by atoms with Crippen molar-refractivity contribution in [2.45, 2.75) is 30.1 Å². The van der Waals surface area contributed by atoms with E-state index in [0.717, 1.165) is 11.1 Å². The third-order valence-corrected chi connectivity index (χ3v) is 5.81. The Morgan fingerprint density at radius 2 is 1.57 bits per heavy atom. The van der Waals surface area contributed by atoms with Crippen molar-refractivity contribution in [3.05, 3.63) is 83.3 Å². The van der Waals surface area contributed by atoms with Gasteiger partial charge in [0.25, 0.3) is 0 Å². The summed E-state index contributed by atoms with van der Waals surface area (Å²) in [6, 6.07) is 16.7. The zero-order valence-corrected chi connectivity index (χ0v) is 13.9. The molecule has 23 heavy (non-hydrogen) atoms. The minimum absolute atomic E-state index is 0.283. The first-order valence-electron chi connectivity index (χ1n) is 7.41. The molecule has 0 atom stereocenters. The summed E-state index contributed by atoms with van der Waals surface area (Å²) in [7, 11) is -3.59. The zero-order valence-electron chi connectivity index (χ0n) is 13.1. The van der Waals surface area contributed by atoms with Gasteiger partial charge in [-0.3, -0.25) is 0 Å². The lowest BCUT2D eigenvalue weighted by atomic mass is 10.1. The second-order valence-corrected chi connectivity index (χ2v) is 7.51. The molecule has 2 aromatic carbocycles. The first-order chi connectivity index (χ1) is 11.0. The van der Waals surface area contributed by atoms with E-state index < -0.39 is 9.84 Å². The lowest BCUT2D eigenvalue weighted by molar-refractivity contribution is 0.522. The number of furan rings is 1. The van der Waals surface area contributed by atoms with Crippen LogP contribution in [0.25, 0.3) is 0 Å². The highest BCUT2D eigenvalue weighted by atomic mass is 32.2. The van der Waals surface area contributed by atoms with Gasteiger partial charge in [-0.2, -0.15) is 0 Å². The van der Waals surface area contributed by atoms with Crippen LogP contribution in [0.2, 0.25) is 0 Å². The maximum absolute atomic E-state index is 13.0. The van der Waals surface area contributed by atoms with Crippen LogP contribution in [0, 0.1) is 13.8 Å². The van der Waals surface area contributed by atoms with E-state index in [0.29, 0.717) is 22.6 Å². The number of hydrogen-bond donors (Lipinski definition) is 0. The summed E-state index contributed by atoms with van der Waals surface area (Å²) in [4.78, 5) is 0.576. The van der Waals surface area contributed by atoms with E-state index in [1.165, 1.54) is 0 Å². The minimum atomic E-state index is -3.59. The molecule has 3 nitrogen and oxygen atoms in total. The Labute approximate surface area is 136 Å². The highest BCUT2D eigenvalue weighted by Crippen LogP contribution is 2.30. The van der Waals surface area contributed by atoms with Crippen molar-refractivity contribution in [2.75, 3.05) is 0 Å². The monoisotopic (exact) mass is 326 g/mol. The fraction of sp³-hybridized carbons (Fsp3) is 0.158. The van der Waals surface area contributed by atoms with Crippen molar-refractivity contribution in [2.24, 2.45) is 0 Å². The van der Waals surface area contributed by atoms with Crippen LogP contribution < -0.4 is 0 Å². The summed E-state index contributed by atoms with van der Waals surface area (Å²) in [6.45, 7) is 3.62.